The first-order chi connectivity index (χ1) is 10.8. The highest BCUT2D eigenvalue weighted by Gasteiger charge is 2.18. The zero-order valence-electron chi connectivity index (χ0n) is 14.4. The SMILES string of the molecule is CCCCCCCCCCCCC1=N[N]c2cccc(C)c21. The highest BCUT2D eigenvalue weighted by atomic mass is 15.3. The molecule has 2 nitrogen and oxygen atoms in total. The number of rotatable bonds is 11. The zero-order chi connectivity index (χ0) is 15.6. The minimum atomic E-state index is 1.06. The number of aryl methyl sites for hydroxylation is 1. The van der Waals surface area contributed by atoms with Crippen molar-refractivity contribution in [1.29, 1.82) is 0 Å². The Morgan fingerprint density at radius 3 is 2.14 bits per heavy atom. The topological polar surface area (TPSA) is 26.5 Å². The van der Waals surface area contributed by atoms with Crippen molar-refractivity contribution in [1.82, 2.24) is 5.43 Å². The highest BCUT2D eigenvalue weighted by Crippen LogP contribution is 2.27. The van der Waals surface area contributed by atoms with Gasteiger partial charge in [-0.2, -0.15) is 10.5 Å². The van der Waals surface area contributed by atoms with Crippen molar-refractivity contribution in [3.05, 3.63) is 29.3 Å². The van der Waals surface area contributed by atoms with Crippen molar-refractivity contribution in [2.75, 3.05) is 0 Å². The molecule has 0 spiro atoms. The Labute approximate surface area is 136 Å². The minimum absolute atomic E-state index is 1.06. The lowest BCUT2D eigenvalue weighted by Gasteiger charge is -2.05. The molecular weight excluding hydrogens is 268 g/mol. The van der Waals surface area contributed by atoms with Gasteiger partial charge in [-0.1, -0.05) is 76.8 Å². The van der Waals surface area contributed by atoms with Crippen LogP contribution < -0.4 is 5.43 Å². The molecule has 0 atom stereocenters. The number of unbranched alkanes of at least 4 members (excludes halogenated alkanes) is 9. The van der Waals surface area contributed by atoms with Gasteiger partial charge >= 0.3 is 0 Å². The third-order valence-electron chi connectivity index (χ3n) is 4.58. The summed E-state index contributed by atoms with van der Waals surface area (Å²) in [7, 11) is 0. The standard InChI is InChI=1S/C20H31N2/c1-3-4-5-6-7-8-9-10-11-12-15-18-20-17(2)14-13-16-19(20)22-21-18/h13-14,16H,3-12,15H2,1-2H3. The van der Waals surface area contributed by atoms with Gasteiger partial charge in [-0.05, 0) is 31.4 Å². The van der Waals surface area contributed by atoms with Crippen LogP contribution in [-0.4, -0.2) is 5.71 Å². The highest BCUT2D eigenvalue weighted by molar-refractivity contribution is 6.07. The Kier molecular flexibility index (Phi) is 7.48. The summed E-state index contributed by atoms with van der Waals surface area (Å²) in [4.78, 5) is 0. The van der Waals surface area contributed by atoms with Gasteiger partial charge in [0.25, 0.3) is 0 Å². The van der Waals surface area contributed by atoms with Crippen LogP contribution in [0.5, 0.6) is 0 Å². The molecule has 1 radical (unpaired) electrons. The first-order valence-electron chi connectivity index (χ1n) is 9.20. The number of nitrogens with zero attached hydrogens (tertiary/aromatic N) is 2. The molecule has 1 aliphatic heterocycles. The molecule has 0 amide bonds. The second kappa shape index (κ2) is 9.66. The Balaban J connectivity index is 1.54. The average molecular weight is 299 g/mol. The van der Waals surface area contributed by atoms with Crippen LogP contribution in [0, 0.1) is 6.92 Å². The van der Waals surface area contributed by atoms with E-state index in [0.29, 0.717) is 0 Å². The summed E-state index contributed by atoms with van der Waals surface area (Å²) in [5, 5.41) is 4.38. The van der Waals surface area contributed by atoms with Crippen molar-refractivity contribution in [3.8, 4) is 0 Å². The van der Waals surface area contributed by atoms with E-state index in [0.717, 1.165) is 12.1 Å². The first-order valence-corrected chi connectivity index (χ1v) is 9.20. The molecule has 2 rings (SSSR count). The molecule has 0 fully saturated rings. The van der Waals surface area contributed by atoms with Gasteiger partial charge in [-0.15, -0.1) is 0 Å². The van der Waals surface area contributed by atoms with Crippen LogP contribution in [-0.2, 0) is 0 Å². The Morgan fingerprint density at radius 2 is 1.45 bits per heavy atom. The largest absolute Gasteiger partial charge is 0.154 e. The molecule has 1 aliphatic rings. The van der Waals surface area contributed by atoms with Crippen LogP contribution in [0.25, 0.3) is 0 Å². The summed E-state index contributed by atoms with van der Waals surface area (Å²) in [6.45, 7) is 4.44. The fraction of sp³-hybridized carbons (Fsp3) is 0.650. The molecule has 1 aromatic rings. The van der Waals surface area contributed by atoms with Crippen LogP contribution in [0.15, 0.2) is 23.3 Å². The number of benzene rings is 1. The minimum Gasteiger partial charge on any atom is -0.154 e. The van der Waals surface area contributed by atoms with E-state index in [1.54, 1.807) is 0 Å². The second-order valence-corrected chi connectivity index (χ2v) is 6.55. The van der Waals surface area contributed by atoms with E-state index in [2.05, 4.69) is 42.6 Å². The van der Waals surface area contributed by atoms with E-state index in [-0.39, 0.29) is 0 Å². The molecule has 0 N–H and O–H groups in total. The van der Waals surface area contributed by atoms with Crippen molar-refractivity contribution >= 4 is 11.4 Å². The maximum atomic E-state index is 4.38. The quantitative estimate of drug-likeness (QED) is 0.431. The van der Waals surface area contributed by atoms with Gasteiger partial charge in [0.2, 0.25) is 0 Å². The zero-order valence-corrected chi connectivity index (χ0v) is 14.4. The molecule has 2 heteroatoms. The lowest BCUT2D eigenvalue weighted by molar-refractivity contribution is 0.559. The molecule has 22 heavy (non-hydrogen) atoms. The fourth-order valence-corrected chi connectivity index (χ4v) is 3.23. The Bertz CT molecular complexity index is 477. The van der Waals surface area contributed by atoms with Crippen LogP contribution in [0.4, 0.5) is 5.69 Å². The van der Waals surface area contributed by atoms with E-state index in [1.165, 1.54) is 81.0 Å². The van der Waals surface area contributed by atoms with Gasteiger partial charge in [0.15, 0.2) is 0 Å². The predicted octanol–water partition coefficient (Wildman–Crippen LogP) is 6.26. The molecule has 0 unspecified atom stereocenters. The average Bonchev–Trinajstić information content (AvgIpc) is 2.94. The number of hydrogen-bond acceptors (Lipinski definition) is 1. The van der Waals surface area contributed by atoms with Gasteiger partial charge in [-0.3, -0.25) is 0 Å². The second-order valence-electron chi connectivity index (χ2n) is 6.55. The van der Waals surface area contributed by atoms with Gasteiger partial charge < -0.3 is 0 Å². The Hall–Kier alpha value is -1.31. The van der Waals surface area contributed by atoms with Crippen LogP contribution in [0.3, 0.4) is 0 Å². The molecule has 0 aromatic heterocycles. The molecule has 1 heterocycles. The smallest absolute Gasteiger partial charge is 0.0950 e. The monoisotopic (exact) mass is 299 g/mol. The number of hydrogen-bond donors (Lipinski definition) is 0. The molecule has 0 saturated heterocycles. The maximum absolute atomic E-state index is 4.38. The molecule has 121 valence electrons. The summed E-state index contributed by atoms with van der Waals surface area (Å²) in [6.07, 6.45) is 14.9. The van der Waals surface area contributed by atoms with Crippen LogP contribution in [0.2, 0.25) is 0 Å². The lowest BCUT2D eigenvalue weighted by atomic mass is 9.98. The van der Waals surface area contributed by atoms with Gasteiger partial charge in [0.05, 0.1) is 11.4 Å². The molecule has 1 aromatic carbocycles. The fourth-order valence-electron chi connectivity index (χ4n) is 3.23. The van der Waals surface area contributed by atoms with Crippen molar-refractivity contribution in [3.63, 3.8) is 0 Å². The summed E-state index contributed by atoms with van der Waals surface area (Å²) in [5.41, 5.74) is 9.15. The summed E-state index contributed by atoms with van der Waals surface area (Å²) in [6, 6.07) is 6.29. The summed E-state index contributed by atoms with van der Waals surface area (Å²) < 4.78 is 0. The Morgan fingerprint density at radius 1 is 0.818 bits per heavy atom. The third kappa shape index (κ3) is 5.15. The molecule has 0 saturated carbocycles. The van der Waals surface area contributed by atoms with Gasteiger partial charge in [-0.25, -0.2) is 0 Å². The number of fused-ring (bicyclic) bond motifs is 1. The normalized spacial score (nSPS) is 12.9. The van der Waals surface area contributed by atoms with Crippen molar-refractivity contribution in [2.45, 2.75) is 84.5 Å². The van der Waals surface area contributed by atoms with Crippen molar-refractivity contribution in [2.24, 2.45) is 5.10 Å². The van der Waals surface area contributed by atoms with Crippen LogP contribution >= 0.6 is 0 Å². The van der Waals surface area contributed by atoms with Gasteiger partial charge in [0.1, 0.15) is 0 Å². The van der Waals surface area contributed by atoms with Gasteiger partial charge in [0, 0.05) is 5.56 Å². The summed E-state index contributed by atoms with van der Waals surface area (Å²) in [5.74, 6) is 0. The van der Waals surface area contributed by atoms with E-state index in [4.69, 9.17) is 0 Å². The predicted molar refractivity (Wildman–Crippen MR) is 96.0 cm³/mol. The van der Waals surface area contributed by atoms with Crippen molar-refractivity contribution < 1.29 is 0 Å². The van der Waals surface area contributed by atoms with E-state index in [9.17, 15) is 0 Å². The van der Waals surface area contributed by atoms with E-state index in [1.807, 2.05) is 0 Å². The lowest BCUT2D eigenvalue weighted by Crippen LogP contribution is -1.99. The molecule has 0 aliphatic carbocycles. The summed E-state index contributed by atoms with van der Waals surface area (Å²) >= 11 is 0. The first kappa shape index (κ1) is 17.1. The van der Waals surface area contributed by atoms with E-state index >= 15 is 0 Å². The third-order valence-corrected chi connectivity index (χ3v) is 4.58. The van der Waals surface area contributed by atoms with E-state index < -0.39 is 0 Å². The van der Waals surface area contributed by atoms with Crippen LogP contribution in [0.1, 0.15) is 88.7 Å². The molecule has 0 bridgehead atoms. The molecular formula is C20H31N2. The maximum Gasteiger partial charge on any atom is 0.0950 e.